The topological polar surface area (TPSA) is 22.9 Å². The molecule has 9 aromatic carbocycles. The summed E-state index contributed by atoms with van der Waals surface area (Å²) >= 11 is 0. The lowest BCUT2D eigenvalue weighted by Crippen LogP contribution is -2.61. The lowest BCUT2D eigenvalue weighted by Gasteiger charge is -2.45. The molecule has 0 N–H and O–H groups in total. The van der Waals surface area contributed by atoms with E-state index >= 15 is 0 Å². The number of benzene rings is 9. The van der Waals surface area contributed by atoms with Gasteiger partial charge in [-0.25, -0.2) is 0 Å². The SMILES string of the molecule is Cc1cc(C)cc(-c2cc3c4c(c2)N(c2ccc(C(C)(C)C)cc2)c2c(cc(N(c5ccc(C(C)(C)C)cc5)c5ccc(C(C)(C)C)cc5)c5oc6ccccc6c25)B4c2cc(C(C)(C)C)ccc2N3c2ccc(C(C)(C)C)cc2)c1. The number of fused-ring (bicyclic) bond motifs is 8. The maximum atomic E-state index is 7.46. The first-order valence-electron chi connectivity index (χ1n) is 29.4. The van der Waals surface area contributed by atoms with Gasteiger partial charge in [-0.2, -0.15) is 0 Å². The predicted octanol–water partition coefficient (Wildman–Crippen LogP) is 19.9. The second-order valence-corrected chi connectivity index (χ2v) is 28.6. The fraction of sp³-hybridized carbons (Fsp3) is 0.289. The second-order valence-electron chi connectivity index (χ2n) is 28.6. The van der Waals surface area contributed by atoms with E-state index in [9.17, 15) is 0 Å². The van der Waals surface area contributed by atoms with Crippen LogP contribution in [0.2, 0.25) is 0 Å². The summed E-state index contributed by atoms with van der Waals surface area (Å²) in [7, 11) is 0. The third-order valence-electron chi connectivity index (χ3n) is 17.3. The summed E-state index contributed by atoms with van der Waals surface area (Å²) in [4.78, 5) is 7.65. The Kier molecular flexibility index (Phi) is 12.6. The zero-order chi connectivity index (χ0) is 57.5. The number of furan rings is 1. The van der Waals surface area contributed by atoms with E-state index in [0.717, 1.165) is 61.8 Å². The predicted molar refractivity (Wildman–Crippen MR) is 351 cm³/mol. The first kappa shape index (κ1) is 53.9. The fourth-order valence-corrected chi connectivity index (χ4v) is 12.7. The largest absolute Gasteiger partial charge is 0.454 e. The molecule has 5 heteroatoms. The smallest absolute Gasteiger partial charge is 0.252 e. The average Bonchev–Trinajstić information content (AvgIpc) is 2.00. The molecule has 2 aliphatic rings. The van der Waals surface area contributed by atoms with Crippen LogP contribution in [0.5, 0.6) is 0 Å². The lowest BCUT2D eigenvalue weighted by atomic mass is 9.33. The van der Waals surface area contributed by atoms with Crippen LogP contribution in [0.15, 0.2) is 180 Å². The number of anilines is 9. The molecule has 0 radical (unpaired) electrons. The maximum absolute atomic E-state index is 7.46. The van der Waals surface area contributed by atoms with Crippen LogP contribution in [-0.2, 0) is 27.1 Å². The normalized spacial score (nSPS) is 13.7. The van der Waals surface area contributed by atoms with E-state index in [1.54, 1.807) is 0 Å². The van der Waals surface area contributed by atoms with Crippen molar-refractivity contribution in [1.82, 2.24) is 0 Å². The van der Waals surface area contributed by atoms with Crippen molar-refractivity contribution >= 4 is 96.2 Å². The van der Waals surface area contributed by atoms with Gasteiger partial charge in [0.25, 0.3) is 6.71 Å². The Bertz CT molecular complexity index is 3990. The molecular formula is C76H80BN3O. The average molecular weight is 1060 g/mol. The maximum Gasteiger partial charge on any atom is 0.252 e. The second kappa shape index (κ2) is 18.9. The lowest BCUT2D eigenvalue weighted by molar-refractivity contribution is 0.590. The van der Waals surface area contributed by atoms with E-state index in [1.807, 2.05) is 0 Å². The highest BCUT2D eigenvalue weighted by atomic mass is 16.3. The summed E-state index contributed by atoms with van der Waals surface area (Å²) in [5.74, 6) is 0. The Morgan fingerprint density at radius 2 is 0.827 bits per heavy atom. The molecule has 81 heavy (non-hydrogen) atoms. The van der Waals surface area contributed by atoms with Gasteiger partial charge in [0, 0.05) is 45.2 Å². The number of para-hydroxylation sites is 1. The van der Waals surface area contributed by atoms with Gasteiger partial charge in [0.05, 0.1) is 16.8 Å². The zero-order valence-corrected chi connectivity index (χ0v) is 51.1. The zero-order valence-electron chi connectivity index (χ0n) is 51.1. The molecule has 4 nitrogen and oxygen atoms in total. The summed E-state index contributed by atoms with van der Waals surface area (Å²) < 4.78 is 7.46. The minimum Gasteiger partial charge on any atom is -0.454 e. The molecule has 0 spiro atoms. The third-order valence-corrected chi connectivity index (χ3v) is 17.3. The number of nitrogens with zero attached hydrogens (tertiary/aromatic N) is 3. The van der Waals surface area contributed by atoms with Crippen molar-refractivity contribution in [3.63, 3.8) is 0 Å². The molecule has 1 aromatic heterocycles. The van der Waals surface area contributed by atoms with Crippen molar-refractivity contribution in [1.29, 1.82) is 0 Å². The molecule has 0 aliphatic carbocycles. The molecule has 2 aliphatic heterocycles. The highest BCUT2D eigenvalue weighted by molar-refractivity contribution is 7.00. The van der Waals surface area contributed by atoms with Crippen molar-refractivity contribution < 1.29 is 4.42 Å². The standard InChI is InChI=1S/C76H80BN3O/c1-47-40-48(2)42-49(41-47)50-43-64-69-65(44-50)80(59-37-28-54(29-38-59)75(12,13)14)70-62(77(69)61-45-55(76(15,16)17)30-39-63(61)79(64)58-35-26-53(27-36-58)74(9,10)11)46-66(71-68(70)60-20-18-19-21-67(60)81-71)78(56-31-22-51(23-32-56)72(3,4)5)57-33-24-52(25-34-57)73(6,7)8/h18-46H,1-17H3. The van der Waals surface area contributed by atoms with E-state index < -0.39 is 0 Å². The van der Waals surface area contributed by atoms with Gasteiger partial charge in [0.1, 0.15) is 5.58 Å². The van der Waals surface area contributed by atoms with Gasteiger partial charge in [-0.3, -0.25) is 0 Å². The summed E-state index contributed by atoms with van der Waals surface area (Å²) in [5, 5.41) is 2.18. The molecular weight excluding hydrogens is 982 g/mol. The molecule has 3 heterocycles. The minimum atomic E-state index is -0.184. The van der Waals surface area contributed by atoms with Crippen molar-refractivity contribution in [2.24, 2.45) is 0 Å². The van der Waals surface area contributed by atoms with Crippen LogP contribution in [-0.4, -0.2) is 6.71 Å². The third kappa shape index (κ3) is 9.45. The molecule has 12 rings (SSSR count). The molecule has 0 unspecified atom stereocenters. The van der Waals surface area contributed by atoms with Gasteiger partial charge in [-0.1, -0.05) is 212 Å². The number of aryl methyl sites for hydroxylation is 2. The van der Waals surface area contributed by atoms with Crippen LogP contribution < -0.4 is 31.1 Å². The molecule has 0 fully saturated rings. The van der Waals surface area contributed by atoms with Gasteiger partial charge in [-0.05, 0) is 175 Å². The first-order chi connectivity index (χ1) is 38.1. The Morgan fingerprint density at radius 1 is 0.395 bits per heavy atom. The highest BCUT2D eigenvalue weighted by Crippen LogP contribution is 2.53. The summed E-state index contributed by atoms with van der Waals surface area (Å²) in [6.45, 7) is 38.9. The van der Waals surface area contributed by atoms with Crippen LogP contribution in [0.1, 0.15) is 143 Å². The van der Waals surface area contributed by atoms with E-state index in [4.69, 9.17) is 4.42 Å². The Labute approximate surface area is 483 Å². The van der Waals surface area contributed by atoms with Gasteiger partial charge in [0.2, 0.25) is 0 Å². The van der Waals surface area contributed by atoms with E-state index in [1.165, 1.54) is 77.8 Å². The van der Waals surface area contributed by atoms with Crippen LogP contribution in [0.3, 0.4) is 0 Å². The summed E-state index contributed by atoms with van der Waals surface area (Å²) in [5.41, 5.74) is 26.7. The Balaban J connectivity index is 1.26. The molecule has 0 saturated carbocycles. The highest BCUT2D eigenvalue weighted by Gasteiger charge is 2.46. The Hall–Kier alpha value is -7.76. The van der Waals surface area contributed by atoms with Crippen molar-refractivity contribution in [2.45, 2.75) is 145 Å². The van der Waals surface area contributed by atoms with Crippen LogP contribution in [0.4, 0.5) is 51.2 Å². The quantitative estimate of drug-likeness (QED) is 0.155. The van der Waals surface area contributed by atoms with Crippen molar-refractivity contribution in [2.75, 3.05) is 14.7 Å². The van der Waals surface area contributed by atoms with Gasteiger partial charge < -0.3 is 19.1 Å². The summed E-state index contributed by atoms with van der Waals surface area (Å²) in [6, 6.07) is 67.9. The molecule has 0 bridgehead atoms. The van der Waals surface area contributed by atoms with Crippen molar-refractivity contribution in [3.05, 3.63) is 215 Å². The molecule has 408 valence electrons. The number of rotatable bonds is 6. The molecule has 0 saturated heterocycles. The van der Waals surface area contributed by atoms with E-state index in [0.29, 0.717) is 0 Å². The van der Waals surface area contributed by atoms with Gasteiger partial charge >= 0.3 is 0 Å². The van der Waals surface area contributed by atoms with Gasteiger partial charge in [-0.15, -0.1) is 0 Å². The monoisotopic (exact) mass is 1060 g/mol. The van der Waals surface area contributed by atoms with E-state index in [2.05, 4.69) is 308 Å². The minimum absolute atomic E-state index is 0.00264. The summed E-state index contributed by atoms with van der Waals surface area (Å²) in [6.07, 6.45) is 0. The van der Waals surface area contributed by atoms with Crippen LogP contribution >= 0.6 is 0 Å². The number of hydrogen-bond acceptors (Lipinski definition) is 4. The van der Waals surface area contributed by atoms with Crippen molar-refractivity contribution in [3.8, 4) is 11.1 Å². The van der Waals surface area contributed by atoms with Crippen LogP contribution in [0.25, 0.3) is 33.1 Å². The van der Waals surface area contributed by atoms with Crippen LogP contribution in [0, 0.1) is 13.8 Å². The molecule has 0 atom stereocenters. The van der Waals surface area contributed by atoms with Gasteiger partial charge in [0.15, 0.2) is 5.58 Å². The fourth-order valence-electron chi connectivity index (χ4n) is 12.7. The molecule has 0 amide bonds. The Morgan fingerprint density at radius 3 is 1.32 bits per heavy atom. The number of hydrogen-bond donors (Lipinski definition) is 0. The first-order valence-corrected chi connectivity index (χ1v) is 29.4. The molecule has 10 aromatic rings. The van der Waals surface area contributed by atoms with E-state index in [-0.39, 0.29) is 33.8 Å².